The molecule has 1 aliphatic carbocycles. The second kappa shape index (κ2) is 5.24. The molecule has 3 amide bonds. The number of carboxylic acids is 1. The Kier molecular flexibility index (Phi) is 3.69. The lowest BCUT2D eigenvalue weighted by molar-refractivity contribution is -0.141. The van der Waals surface area contributed by atoms with E-state index >= 15 is 0 Å². The first-order valence-corrected chi connectivity index (χ1v) is 6.11. The van der Waals surface area contributed by atoms with Crippen LogP contribution in [0.15, 0.2) is 0 Å². The highest BCUT2D eigenvalue weighted by molar-refractivity contribution is 5.81. The molecule has 2 rings (SSSR count). The minimum Gasteiger partial charge on any atom is -0.481 e. The van der Waals surface area contributed by atoms with E-state index in [4.69, 9.17) is 5.11 Å². The molecule has 0 aromatic carbocycles. The van der Waals surface area contributed by atoms with E-state index < -0.39 is 5.97 Å². The average molecular weight is 255 g/mol. The molecular formula is C11H17N3O4. The Morgan fingerprint density at radius 1 is 1.22 bits per heavy atom. The van der Waals surface area contributed by atoms with Gasteiger partial charge in [0.2, 0.25) is 5.91 Å². The summed E-state index contributed by atoms with van der Waals surface area (Å²) < 4.78 is 0. The van der Waals surface area contributed by atoms with E-state index in [0.29, 0.717) is 32.2 Å². The van der Waals surface area contributed by atoms with Gasteiger partial charge in [-0.05, 0) is 19.3 Å². The van der Waals surface area contributed by atoms with Crippen LogP contribution >= 0.6 is 0 Å². The van der Waals surface area contributed by atoms with Crippen LogP contribution in [0.25, 0.3) is 0 Å². The zero-order valence-corrected chi connectivity index (χ0v) is 9.94. The van der Waals surface area contributed by atoms with Crippen LogP contribution in [0, 0.1) is 5.92 Å². The quantitative estimate of drug-likeness (QED) is 0.541. The van der Waals surface area contributed by atoms with E-state index in [1.54, 1.807) is 0 Å². The van der Waals surface area contributed by atoms with Crippen molar-refractivity contribution in [1.29, 1.82) is 0 Å². The van der Waals surface area contributed by atoms with Gasteiger partial charge in [0.05, 0.1) is 12.0 Å². The minimum atomic E-state index is -0.801. The van der Waals surface area contributed by atoms with Crippen molar-refractivity contribution in [1.82, 2.24) is 16.0 Å². The molecule has 18 heavy (non-hydrogen) atoms. The molecule has 0 radical (unpaired) electrons. The van der Waals surface area contributed by atoms with Crippen LogP contribution in [0.3, 0.4) is 0 Å². The molecule has 2 fully saturated rings. The number of urea groups is 1. The predicted molar refractivity (Wildman–Crippen MR) is 61.8 cm³/mol. The lowest BCUT2D eigenvalue weighted by Gasteiger charge is -2.16. The molecule has 0 spiro atoms. The maximum absolute atomic E-state index is 11.6. The normalized spacial score (nSPS) is 30.9. The van der Waals surface area contributed by atoms with Gasteiger partial charge < -0.3 is 21.1 Å². The van der Waals surface area contributed by atoms with Crippen molar-refractivity contribution in [2.45, 2.75) is 37.8 Å². The van der Waals surface area contributed by atoms with Crippen LogP contribution in [0.5, 0.6) is 0 Å². The van der Waals surface area contributed by atoms with E-state index in [0.717, 1.165) is 0 Å². The topological polar surface area (TPSA) is 108 Å². The summed E-state index contributed by atoms with van der Waals surface area (Å²) in [4.78, 5) is 33.4. The fourth-order valence-electron chi connectivity index (χ4n) is 2.46. The first-order chi connectivity index (χ1) is 8.54. The summed E-state index contributed by atoms with van der Waals surface area (Å²) in [6.45, 7) is 0.453. The highest BCUT2D eigenvalue weighted by Crippen LogP contribution is 2.25. The van der Waals surface area contributed by atoms with Gasteiger partial charge in [-0.1, -0.05) is 0 Å². The number of hydrogen-bond donors (Lipinski definition) is 4. The van der Waals surface area contributed by atoms with Crippen LogP contribution in [0.2, 0.25) is 0 Å². The van der Waals surface area contributed by atoms with Gasteiger partial charge in [0, 0.05) is 19.0 Å². The third-order valence-electron chi connectivity index (χ3n) is 3.43. The molecule has 0 aromatic rings. The second-order valence-corrected chi connectivity index (χ2v) is 4.87. The van der Waals surface area contributed by atoms with Gasteiger partial charge in [-0.15, -0.1) is 0 Å². The van der Waals surface area contributed by atoms with Crippen molar-refractivity contribution in [3.63, 3.8) is 0 Å². The van der Waals surface area contributed by atoms with Gasteiger partial charge >= 0.3 is 12.0 Å². The van der Waals surface area contributed by atoms with E-state index in [-0.39, 0.29) is 29.9 Å². The standard InChI is InChI=1S/C11H17N3O4/c15-9-4-8(5-12-9)14-11(18)13-7-2-1-6(3-7)10(16)17/h6-8H,1-5H2,(H,12,15)(H,16,17)(H2,13,14,18)/t6-,7+,8?/m1/s1. The Balaban J connectivity index is 1.72. The lowest BCUT2D eigenvalue weighted by Crippen LogP contribution is -2.46. The Labute approximate surface area is 104 Å². The van der Waals surface area contributed by atoms with E-state index in [1.807, 2.05) is 0 Å². The molecule has 0 bridgehead atoms. The van der Waals surface area contributed by atoms with Crippen molar-refractivity contribution >= 4 is 17.9 Å². The highest BCUT2D eigenvalue weighted by Gasteiger charge is 2.31. The molecule has 1 heterocycles. The number of hydrogen-bond acceptors (Lipinski definition) is 3. The monoisotopic (exact) mass is 255 g/mol. The third-order valence-corrected chi connectivity index (χ3v) is 3.43. The van der Waals surface area contributed by atoms with Gasteiger partial charge in [-0.2, -0.15) is 0 Å². The summed E-state index contributed by atoms with van der Waals surface area (Å²) >= 11 is 0. The summed E-state index contributed by atoms with van der Waals surface area (Å²) in [5.41, 5.74) is 0. The fourth-order valence-corrected chi connectivity index (χ4v) is 2.46. The molecule has 0 aromatic heterocycles. The van der Waals surface area contributed by atoms with Gasteiger partial charge in [-0.25, -0.2) is 4.79 Å². The minimum absolute atomic E-state index is 0.0629. The Morgan fingerprint density at radius 2 is 1.94 bits per heavy atom. The summed E-state index contributed by atoms with van der Waals surface area (Å²) in [6, 6.07) is -0.585. The molecule has 1 unspecified atom stereocenters. The summed E-state index contributed by atoms with van der Waals surface area (Å²) in [5.74, 6) is -1.22. The molecule has 1 aliphatic heterocycles. The van der Waals surface area contributed by atoms with Crippen LogP contribution in [0.1, 0.15) is 25.7 Å². The number of rotatable bonds is 3. The molecule has 2 aliphatic rings. The maximum atomic E-state index is 11.6. The average Bonchev–Trinajstić information content (AvgIpc) is 2.88. The zero-order chi connectivity index (χ0) is 13.1. The molecule has 1 saturated carbocycles. The van der Waals surface area contributed by atoms with E-state index in [9.17, 15) is 14.4 Å². The van der Waals surface area contributed by atoms with Crippen molar-refractivity contribution < 1.29 is 19.5 Å². The molecular weight excluding hydrogens is 238 g/mol. The molecule has 100 valence electrons. The van der Waals surface area contributed by atoms with Gasteiger partial charge in [0.1, 0.15) is 0 Å². The SMILES string of the molecule is O=C1CC(NC(=O)N[C@H]2CC[C@@H](C(=O)O)C2)CN1. The summed E-state index contributed by atoms with van der Waals surface area (Å²) in [7, 11) is 0. The van der Waals surface area contributed by atoms with Crippen molar-refractivity contribution in [2.24, 2.45) is 5.92 Å². The van der Waals surface area contributed by atoms with Crippen molar-refractivity contribution in [3.8, 4) is 0 Å². The Morgan fingerprint density at radius 3 is 2.50 bits per heavy atom. The van der Waals surface area contributed by atoms with Crippen LogP contribution < -0.4 is 16.0 Å². The summed E-state index contributed by atoms with van der Waals surface area (Å²) in [6.07, 6.45) is 2.07. The first-order valence-electron chi connectivity index (χ1n) is 6.11. The number of carbonyl (C=O) groups excluding carboxylic acids is 2. The van der Waals surface area contributed by atoms with E-state index in [1.165, 1.54) is 0 Å². The molecule has 7 heteroatoms. The summed E-state index contributed by atoms with van der Waals surface area (Å²) in [5, 5.41) is 16.9. The lowest BCUT2D eigenvalue weighted by atomic mass is 10.1. The van der Waals surface area contributed by atoms with Crippen molar-refractivity contribution in [3.05, 3.63) is 0 Å². The fraction of sp³-hybridized carbons (Fsp3) is 0.727. The Hall–Kier alpha value is -1.79. The largest absolute Gasteiger partial charge is 0.481 e. The maximum Gasteiger partial charge on any atom is 0.315 e. The van der Waals surface area contributed by atoms with Crippen molar-refractivity contribution in [2.75, 3.05) is 6.54 Å². The number of carbonyl (C=O) groups is 3. The molecule has 4 N–H and O–H groups in total. The van der Waals surface area contributed by atoms with Crippen LogP contribution in [0.4, 0.5) is 4.79 Å². The van der Waals surface area contributed by atoms with Crippen LogP contribution in [-0.4, -0.2) is 41.6 Å². The van der Waals surface area contributed by atoms with Gasteiger partial charge in [-0.3, -0.25) is 9.59 Å². The smallest absolute Gasteiger partial charge is 0.315 e. The highest BCUT2D eigenvalue weighted by atomic mass is 16.4. The number of carboxylic acid groups (broad SMARTS) is 1. The van der Waals surface area contributed by atoms with Crippen LogP contribution in [-0.2, 0) is 9.59 Å². The number of nitrogens with one attached hydrogen (secondary N) is 3. The van der Waals surface area contributed by atoms with E-state index in [2.05, 4.69) is 16.0 Å². The molecule has 7 nitrogen and oxygen atoms in total. The second-order valence-electron chi connectivity index (χ2n) is 4.87. The third kappa shape index (κ3) is 3.12. The molecule has 1 saturated heterocycles. The zero-order valence-electron chi connectivity index (χ0n) is 9.94. The number of amides is 3. The van der Waals surface area contributed by atoms with Gasteiger partial charge in [0.15, 0.2) is 0 Å². The molecule has 3 atom stereocenters. The first kappa shape index (κ1) is 12.7. The number of aliphatic carboxylic acids is 1. The Bertz CT molecular complexity index is 371. The van der Waals surface area contributed by atoms with Gasteiger partial charge in [0.25, 0.3) is 0 Å². The predicted octanol–water partition coefficient (Wildman–Crippen LogP) is -0.573.